The fourth-order valence-corrected chi connectivity index (χ4v) is 2.21. The quantitative estimate of drug-likeness (QED) is 0.897. The average Bonchev–Trinajstić information content (AvgIpc) is 2.84. The van der Waals surface area contributed by atoms with Gasteiger partial charge in [-0.25, -0.2) is 4.39 Å². The molecule has 0 amide bonds. The third kappa shape index (κ3) is 3.05. The van der Waals surface area contributed by atoms with Crippen LogP contribution in [0.5, 0.6) is 0 Å². The zero-order chi connectivity index (χ0) is 12.1. The van der Waals surface area contributed by atoms with Crippen LogP contribution in [0, 0.1) is 17.1 Å². The summed E-state index contributed by atoms with van der Waals surface area (Å²) in [4.78, 5) is 0. The van der Waals surface area contributed by atoms with Gasteiger partial charge in [0.15, 0.2) is 0 Å². The maximum atomic E-state index is 13.1. The lowest BCUT2D eigenvalue weighted by atomic mass is 10.2. The Morgan fingerprint density at radius 1 is 1.35 bits per heavy atom. The molecule has 0 aliphatic carbocycles. The van der Waals surface area contributed by atoms with Gasteiger partial charge in [-0.05, 0) is 47.0 Å². The standard InChI is InChI=1S/C13H11FN2S/c14-13-2-1-12(7-11(13)8-15)16-5-3-10-4-6-17-9-10/h1-2,4,6-7,9,16H,3,5H2. The van der Waals surface area contributed by atoms with Gasteiger partial charge in [0, 0.05) is 12.2 Å². The Morgan fingerprint density at radius 3 is 2.94 bits per heavy atom. The van der Waals surface area contributed by atoms with Crippen LogP contribution < -0.4 is 5.32 Å². The molecule has 1 N–H and O–H groups in total. The summed E-state index contributed by atoms with van der Waals surface area (Å²) in [5, 5.41) is 16.0. The Morgan fingerprint density at radius 2 is 2.24 bits per heavy atom. The highest BCUT2D eigenvalue weighted by molar-refractivity contribution is 7.07. The first-order chi connectivity index (χ1) is 8.29. The van der Waals surface area contributed by atoms with Gasteiger partial charge in [-0.15, -0.1) is 0 Å². The summed E-state index contributed by atoms with van der Waals surface area (Å²) >= 11 is 1.67. The molecule has 0 atom stereocenters. The smallest absolute Gasteiger partial charge is 0.141 e. The van der Waals surface area contributed by atoms with Gasteiger partial charge in [0.2, 0.25) is 0 Å². The van der Waals surface area contributed by atoms with Crippen molar-refractivity contribution in [3.05, 3.63) is 52.0 Å². The molecule has 0 fully saturated rings. The fraction of sp³-hybridized carbons (Fsp3) is 0.154. The van der Waals surface area contributed by atoms with Crippen molar-refractivity contribution in [2.75, 3.05) is 11.9 Å². The SMILES string of the molecule is N#Cc1cc(NCCc2ccsc2)ccc1F. The molecule has 0 aliphatic heterocycles. The summed E-state index contributed by atoms with van der Waals surface area (Å²) in [5.74, 6) is -0.476. The van der Waals surface area contributed by atoms with Crippen molar-refractivity contribution >= 4 is 17.0 Å². The lowest BCUT2D eigenvalue weighted by Gasteiger charge is -2.06. The van der Waals surface area contributed by atoms with E-state index in [2.05, 4.69) is 16.8 Å². The minimum Gasteiger partial charge on any atom is -0.385 e. The Balaban J connectivity index is 1.93. The fourth-order valence-electron chi connectivity index (χ4n) is 1.51. The van der Waals surface area contributed by atoms with Crippen LogP contribution in [0.2, 0.25) is 0 Å². The number of anilines is 1. The summed E-state index contributed by atoms with van der Waals surface area (Å²) in [6.45, 7) is 0.771. The van der Waals surface area contributed by atoms with Crippen molar-refractivity contribution in [1.82, 2.24) is 0 Å². The molecule has 1 heterocycles. The van der Waals surface area contributed by atoms with Crippen LogP contribution >= 0.6 is 11.3 Å². The molecule has 86 valence electrons. The lowest BCUT2D eigenvalue weighted by molar-refractivity contribution is 0.624. The molecule has 0 radical (unpaired) electrons. The minimum absolute atomic E-state index is 0.0746. The van der Waals surface area contributed by atoms with E-state index in [4.69, 9.17) is 5.26 Å². The van der Waals surface area contributed by atoms with E-state index in [1.54, 1.807) is 17.4 Å². The number of hydrogen-bond acceptors (Lipinski definition) is 3. The molecular formula is C13H11FN2S. The van der Waals surface area contributed by atoms with Crippen molar-refractivity contribution in [3.63, 3.8) is 0 Å². The predicted molar refractivity (Wildman–Crippen MR) is 67.6 cm³/mol. The molecule has 17 heavy (non-hydrogen) atoms. The second-order valence-corrected chi connectivity index (χ2v) is 4.39. The van der Waals surface area contributed by atoms with Crippen LogP contribution in [-0.4, -0.2) is 6.54 Å². The number of nitriles is 1. The number of thiophene rings is 1. The minimum atomic E-state index is -0.476. The molecule has 1 aromatic heterocycles. The highest BCUT2D eigenvalue weighted by Gasteiger charge is 2.02. The summed E-state index contributed by atoms with van der Waals surface area (Å²) < 4.78 is 13.1. The van der Waals surface area contributed by atoms with Gasteiger partial charge in [0.05, 0.1) is 5.56 Å². The maximum Gasteiger partial charge on any atom is 0.141 e. The van der Waals surface area contributed by atoms with Gasteiger partial charge < -0.3 is 5.32 Å². The van der Waals surface area contributed by atoms with Crippen LogP contribution in [0.15, 0.2) is 35.0 Å². The number of hydrogen-bond donors (Lipinski definition) is 1. The van der Waals surface area contributed by atoms with Gasteiger partial charge in [-0.3, -0.25) is 0 Å². The number of nitrogens with one attached hydrogen (secondary N) is 1. The van der Waals surface area contributed by atoms with Gasteiger partial charge in [-0.2, -0.15) is 16.6 Å². The summed E-state index contributed by atoms with van der Waals surface area (Å²) in [7, 11) is 0. The normalized spacial score (nSPS) is 9.88. The van der Waals surface area contributed by atoms with Crippen molar-refractivity contribution < 1.29 is 4.39 Å². The summed E-state index contributed by atoms with van der Waals surface area (Å²) in [5.41, 5.74) is 2.13. The van der Waals surface area contributed by atoms with E-state index in [0.717, 1.165) is 18.7 Å². The first-order valence-corrected chi connectivity index (χ1v) is 6.18. The van der Waals surface area contributed by atoms with Crippen molar-refractivity contribution in [2.45, 2.75) is 6.42 Å². The van der Waals surface area contributed by atoms with Crippen molar-refractivity contribution in [3.8, 4) is 6.07 Å². The highest BCUT2D eigenvalue weighted by Crippen LogP contribution is 2.14. The van der Waals surface area contributed by atoms with Gasteiger partial charge >= 0.3 is 0 Å². The largest absolute Gasteiger partial charge is 0.385 e. The topological polar surface area (TPSA) is 35.8 Å². The van der Waals surface area contributed by atoms with E-state index in [1.165, 1.54) is 17.7 Å². The lowest BCUT2D eigenvalue weighted by Crippen LogP contribution is -2.04. The van der Waals surface area contributed by atoms with Crippen molar-refractivity contribution in [2.24, 2.45) is 0 Å². The number of benzene rings is 1. The molecule has 2 rings (SSSR count). The number of nitrogens with zero attached hydrogens (tertiary/aromatic N) is 1. The van der Waals surface area contributed by atoms with Crippen LogP contribution in [0.4, 0.5) is 10.1 Å². The van der Waals surface area contributed by atoms with E-state index in [0.29, 0.717) is 0 Å². The van der Waals surface area contributed by atoms with E-state index in [1.807, 2.05) is 11.4 Å². The van der Waals surface area contributed by atoms with Gasteiger partial charge in [0.1, 0.15) is 11.9 Å². The molecule has 0 spiro atoms. The van der Waals surface area contributed by atoms with Crippen molar-refractivity contribution in [1.29, 1.82) is 5.26 Å². The van der Waals surface area contributed by atoms with Crippen LogP contribution in [0.3, 0.4) is 0 Å². The van der Waals surface area contributed by atoms with Crippen LogP contribution in [0.1, 0.15) is 11.1 Å². The molecule has 0 aliphatic rings. The Kier molecular flexibility index (Phi) is 3.73. The third-order valence-corrected chi connectivity index (χ3v) is 3.14. The Bertz CT molecular complexity index is 529. The molecule has 0 saturated carbocycles. The molecule has 0 bridgehead atoms. The molecule has 1 aromatic carbocycles. The first-order valence-electron chi connectivity index (χ1n) is 5.24. The van der Waals surface area contributed by atoms with E-state index in [9.17, 15) is 4.39 Å². The van der Waals surface area contributed by atoms with Gasteiger partial charge in [0.25, 0.3) is 0 Å². The van der Waals surface area contributed by atoms with E-state index < -0.39 is 5.82 Å². The molecule has 2 aromatic rings. The number of rotatable bonds is 4. The Hall–Kier alpha value is -1.86. The first kappa shape index (κ1) is 11.6. The second-order valence-electron chi connectivity index (χ2n) is 3.61. The van der Waals surface area contributed by atoms with E-state index in [-0.39, 0.29) is 5.56 Å². The number of halogens is 1. The van der Waals surface area contributed by atoms with Gasteiger partial charge in [-0.1, -0.05) is 0 Å². The Labute approximate surface area is 103 Å². The molecule has 2 nitrogen and oxygen atoms in total. The predicted octanol–water partition coefficient (Wildman–Crippen LogP) is 3.41. The molecule has 4 heteroatoms. The summed E-state index contributed by atoms with van der Waals surface area (Å²) in [6.07, 6.45) is 0.919. The molecule has 0 saturated heterocycles. The zero-order valence-electron chi connectivity index (χ0n) is 9.11. The summed E-state index contributed by atoms with van der Waals surface area (Å²) in [6, 6.07) is 8.39. The molecular weight excluding hydrogens is 235 g/mol. The highest BCUT2D eigenvalue weighted by atomic mass is 32.1. The van der Waals surface area contributed by atoms with E-state index >= 15 is 0 Å². The molecule has 0 unspecified atom stereocenters. The monoisotopic (exact) mass is 246 g/mol. The average molecular weight is 246 g/mol. The van der Waals surface area contributed by atoms with Crippen LogP contribution in [0.25, 0.3) is 0 Å². The van der Waals surface area contributed by atoms with Crippen LogP contribution in [-0.2, 0) is 6.42 Å². The third-order valence-electron chi connectivity index (χ3n) is 2.41. The maximum absolute atomic E-state index is 13.1. The zero-order valence-corrected chi connectivity index (χ0v) is 9.93. The second kappa shape index (κ2) is 5.46.